The number of likely N-dealkylation sites (tertiary alicyclic amines) is 1. The van der Waals surface area contributed by atoms with Gasteiger partial charge in [-0.25, -0.2) is 0 Å². The van der Waals surface area contributed by atoms with Gasteiger partial charge in [0.25, 0.3) is 0 Å². The van der Waals surface area contributed by atoms with Crippen LogP contribution in [0.25, 0.3) is 10.9 Å². The van der Waals surface area contributed by atoms with Gasteiger partial charge >= 0.3 is 0 Å². The highest BCUT2D eigenvalue weighted by Gasteiger charge is 2.24. The van der Waals surface area contributed by atoms with Gasteiger partial charge in [0.15, 0.2) is 0 Å². The van der Waals surface area contributed by atoms with Crippen molar-refractivity contribution < 1.29 is 4.74 Å². The molecule has 1 atom stereocenters. The molecule has 2 heterocycles. The predicted octanol–water partition coefficient (Wildman–Crippen LogP) is 4.10. The van der Waals surface area contributed by atoms with Crippen LogP contribution in [0.2, 0.25) is 0 Å². The molecule has 0 spiro atoms. The Kier molecular flexibility index (Phi) is 3.80. The average molecular weight is 306 g/mol. The Labute approximate surface area is 137 Å². The van der Waals surface area contributed by atoms with E-state index in [4.69, 9.17) is 4.74 Å². The van der Waals surface area contributed by atoms with Gasteiger partial charge in [0.05, 0.1) is 7.11 Å². The lowest BCUT2D eigenvalue weighted by molar-refractivity contribution is 0.317. The number of aromatic nitrogens is 1. The number of hydrogen-bond donors (Lipinski definition) is 0. The summed E-state index contributed by atoms with van der Waals surface area (Å²) >= 11 is 0. The minimum absolute atomic E-state index is 0.560. The molecule has 3 nitrogen and oxygen atoms in total. The number of fused-ring (bicyclic) bond motifs is 1. The van der Waals surface area contributed by atoms with Gasteiger partial charge in [0, 0.05) is 42.8 Å². The van der Waals surface area contributed by atoms with E-state index in [-0.39, 0.29) is 0 Å². The third kappa shape index (κ3) is 2.84. The lowest BCUT2D eigenvalue weighted by Crippen LogP contribution is -2.21. The minimum atomic E-state index is 0.560. The van der Waals surface area contributed by atoms with Crippen LogP contribution in [-0.2, 0) is 6.54 Å². The molecule has 1 aromatic heterocycles. The van der Waals surface area contributed by atoms with Crippen molar-refractivity contribution in [2.24, 2.45) is 0 Å². The SMILES string of the molecule is COc1ccc2c(ccn2C2CCN(Cc3ccccc3)C2)c1. The van der Waals surface area contributed by atoms with Crippen LogP contribution in [0, 0.1) is 0 Å². The van der Waals surface area contributed by atoms with E-state index in [9.17, 15) is 0 Å². The van der Waals surface area contributed by atoms with E-state index >= 15 is 0 Å². The molecule has 0 bridgehead atoms. The first-order chi connectivity index (χ1) is 11.3. The van der Waals surface area contributed by atoms with Crippen molar-refractivity contribution >= 4 is 10.9 Å². The Balaban J connectivity index is 1.51. The smallest absolute Gasteiger partial charge is 0.119 e. The van der Waals surface area contributed by atoms with Crippen LogP contribution in [-0.4, -0.2) is 29.7 Å². The lowest BCUT2D eigenvalue weighted by Gasteiger charge is -2.17. The molecular weight excluding hydrogens is 284 g/mol. The Bertz CT molecular complexity index is 794. The summed E-state index contributed by atoms with van der Waals surface area (Å²) in [4.78, 5) is 2.55. The van der Waals surface area contributed by atoms with Crippen LogP contribution in [0.3, 0.4) is 0 Å². The maximum Gasteiger partial charge on any atom is 0.119 e. The van der Waals surface area contributed by atoms with E-state index < -0.39 is 0 Å². The largest absolute Gasteiger partial charge is 0.497 e. The number of nitrogens with zero attached hydrogens (tertiary/aromatic N) is 2. The van der Waals surface area contributed by atoms with Crippen molar-refractivity contribution in [2.75, 3.05) is 20.2 Å². The zero-order valence-corrected chi connectivity index (χ0v) is 13.5. The molecule has 0 amide bonds. The fourth-order valence-electron chi connectivity index (χ4n) is 3.61. The van der Waals surface area contributed by atoms with Crippen LogP contribution in [0.1, 0.15) is 18.0 Å². The Morgan fingerprint density at radius 3 is 2.78 bits per heavy atom. The van der Waals surface area contributed by atoms with Crippen LogP contribution in [0.5, 0.6) is 5.75 Å². The van der Waals surface area contributed by atoms with Crippen molar-refractivity contribution in [1.82, 2.24) is 9.47 Å². The van der Waals surface area contributed by atoms with Crippen molar-refractivity contribution in [2.45, 2.75) is 19.0 Å². The van der Waals surface area contributed by atoms with Gasteiger partial charge in [-0.15, -0.1) is 0 Å². The van der Waals surface area contributed by atoms with Gasteiger partial charge in [-0.2, -0.15) is 0 Å². The van der Waals surface area contributed by atoms with Gasteiger partial charge in [0.1, 0.15) is 5.75 Å². The predicted molar refractivity (Wildman–Crippen MR) is 93.9 cm³/mol. The van der Waals surface area contributed by atoms with Crippen LogP contribution >= 0.6 is 0 Å². The number of benzene rings is 2. The second kappa shape index (κ2) is 6.09. The van der Waals surface area contributed by atoms with E-state index in [0.29, 0.717) is 6.04 Å². The highest BCUT2D eigenvalue weighted by Crippen LogP contribution is 2.29. The summed E-state index contributed by atoms with van der Waals surface area (Å²) in [6, 6.07) is 19.8. The van der Waals surface area contributed by atoms with Crippen molar-refractivity contribution in [3.05, 3.63) is 66.4 Å². The molecule has 1 fully saturated rings. The summed E-state index contributed by atoms with van der Waals surface area (Å²) in [5.41, 5.74) is 2.70. The maximum atomic E-state index is 5.32. The summed E-state index contributed by atoms with van der Waals surface area (Å²) in [5, 5.41) is 1.26. The van der Waals surface area contributed by atoms with Gasteiger partial charge in [0.2, 0.25) is 0 Å². The fourth-order valence-corrected chi connectivity index (χ4v) is 3.61. The maximum absolute atomic E-state index is 5.32. The normalized spacial score (nSPS) is 18.6. The van der Waals surface area contributed by atoms with Crippen molar-refractivity contribution in [1.29, 1.82) is 0 Å². The number of rotatable bonds is 4. The molecule has 0 aliphatic carbocycles. The van der Waals surface area contributed by atoms with E-state index in [1.807, 2.05) is 0 Å². The van der Waals surface area contributed by atoms with E-state index in [1.54, 1.807) is 7.11 Å². The molecule has 118 valence electrons. The van der Waals surface area contributed by atoms with Crippen LogP contribution in [0.4, 0.5) is 0 Å². The van der Waals surface area contributed by atoms with Crippen molar-refractivity contribution in [3.63, 3.8) is 0 Å². The number of hydrogen-bond acceptors (Lipinski definition) is 2. The zero-order valence-electron chi connectivity index (χ0n) is 13.5. The monoisotopic (exact) mass is 306 g/mol. The molecule has 0 radical (unpaired) electrons. The first-order valence-corrected chi connectivity index (χ1v) is 8.24. The third-order valence-electron chi connectivity index (χ3n) is 4.82. The first-order valence-electron chi connectivity index (χ1n) is 8.24. The number of ether oxygens (including phenoxy) is 1. The highest BCUT2D eigenvalue weighted by molar-refractivity contribution is 5.81. The molecular formula is C20H22N2O. The standard InChI is InChI=1S/C20H22N2O/c1-23-19-7-8-20-17(13-19)9-12-22(20)18-10-11-21(15-18)14-16-5-3-2-4-6-16/h2-9,12-13,18H,10-11,14-15H2,1H3. The number of methoxy groups -OCH3 is 1. The second-order valence-electron chi connectivity index (χ2n) is 6.31. The topological polar surface area (TPSA) is 17.4 Å². The van der Waals surface area contributed by atoms with E-state index in [2.05, 4.69) is 70.3 Å². The fraction of sp³-hybridized carbons (Fsp3) is 0.300. The first kappa shape index (κ1) is 14.3. The summed E-state index contributed by atoms with van der Waals surface area (Å²) < 4.78 is 7.75. The minimum Gasteiger partial charge on any atom is -0.497 e. The van der Waals surface area contributed by atoms with Gasteiger partial charge in [-0.1, -0.05) is 30.3 Å². The van der Waals surface area contributed by atoms with Crippen molar-refractivity contribution in [3.8, 4) is 5.75 Å². The highest BCUT2D eigenvalue weighted by atomic mass is 16.5. The molecule has 3 aromatic rings. The lowest BCUT2D eigenvalue weighted by atomic mass is 10.2. The van der Waals surface area contributed by atoms with Gasteiger partial charge < -0.3 is 9.30 Å². The van der Waals surface area contributed by atoms with E-state index in [1.165, 1.54) is 22.9 Å². The molecule has 4 rings (SSSR count). The summed E-state index contributed by atoms with van der Waals surface area (Å²) in [6.45, 7) is 3.32. The molecule has 1 aliphatic rings. The molecule has 0 N–H and O–H groups in total. The Hall–Kier alpha value is -2.26. The zero-order chi connectivity index (χ0) is 15.6. The average Bonchev–Trinajstić information content (AvgIpc) is 3.21. The van der Waals surface area contributed by atoms with Gasteiger partial charge in [-0.3, -0.25) is 4.90 Å². The molecule has 1 saturated heterocycles. The van der Waals surface area contributed by atoms with Crippen LogP contribution in [0.15, 0.2) is 60.8 Å². The summed E-state index contributed by atoms with van der Waals surface area (Å²) in [7, 11) is 1.72. The third-order valence-corrected chi connectivity index (χ3v) is 4.82. The summed E-state index contributed by atoms with van der Waals surface area (Å²) in [6.07, 6.45) is 3.43. The summed E-state index contributed by atoms with van der Waals surface area (Å²) in [5.74, 6) is 0.923. The quantitative estimate of drug-likeness (QED) is 0.722. The molecule has 0 saturated carbocycles. The molecule has 3 heteroatoms. The molecule has 1 aliphatic heterocycles. The van der Waals surface area contributed by atoms with Gasteiger partial charge in [-0.05, 0) is 36.2 Å². The molecule has 23 heavy (non-hydrogen) atoms. The van der Waals surface area contributed by atoms with Crippen LogP contribution < -0.4 is 4.74 Å². The van der Waals surface area contributed by atoms with E-state index in [0.717, 1.165) is 25.4 Å². The molecule has 1 unspecified atom stereocenters. The second-order valence-corrected chi connectivity index (χ2v) is 6.31. The molecule has 2 aromatic carbocycles. The Morgan fingerprint density at radius 2 is 1.96 bits per heavy atom. The Morgan fingerprint density at radius 1 is 1.09 bits per heavy atom.